The highest BCUT2D eigenvalue weighted by Crippen LogP contribution is 2.33. The van der Waals surface area contributed by atoms with E-state index in [4.69, 9.17) is 0 Å². The topological polar surface area (TPSA) is 21.1 Å². The van der Waals surface area contributed by atoms with Crippen LogP contribution in [0.4, 0.5) is 4.39 Å². The van der Waals surface area contributed by atoms with Gasteiger partial charge in [-0.1, -0.05) is 48.5 Å². The summed E-state index contributed by atoms with van der Waals surface area (Å²) in [6.07, 6.45) is 2.98. The Labute approximate surface area is 164 Å². The second-order valence-corrected chi connectivity index (χ2v) is 7.45. The van der Waals surface area contributed by atoms with Gasteiger partial charge >= 0.3 is 0 Å². The molecular formula is C24H22FN3. The molecule has 3 aromatic carbocycles. The molecule has 1 atom stereocenters. The molecule has 5 rings (SSSR count). The molecule has 4 heteroatoms. The lowest BCUT2D eigenvalue weighted by atomic mass is 9.92. The van der Waals surface area contributed by atoms with E-state index in [1.54, 1.807) is 12.1 Å². The molecule has 0 fully saturated rings. The van der Waals surface area contributed by atoms with Crippen molar-refractivity contribution in [2.24, 2.45) is 0 Å². The second-order valence-electron chi connectivity index (χ2n) is 7.45. The Morgan fingerprint density at radius 2 is 1.71 bits per heavy atom. The Hall–Kier alpha value is -2.98. The van der Waals surface area contributed by atoms with Crippen LogP contribution in [-0.2, 0) is 19.5 Å². The smallest absolute Gasteiger partial charge is 0.123 e. The summed E-state index contributed by atoms with van der Waals surface area (Å²) in [5.41, 5.74) is 6.13. The molecule has 0 radical (unpaired) electrons. The number of hydrogen-bond donors (Lipinski definition) is 0. The monoisotopic (exact) mass is 371 g/mol. The largest absolute Gasteiger partial charge is 0.329 e. The Bertz CT molecular complexity index is 1100. The molecule has 1 aliphatic rings. The van der Waals surface area contributed by atoms with Gasteiger partial charge in [0.1, 0.15) is 5.82 Å². The van der Waals surface area contributed by atoms with Crippen LogP contribution in [-0.4, -0.2) is 21.0 Å². The first-order chi connectivity index (χ1) is 13.8. The van der Waals surface area contributed by atoms with Crippen molar-refractivity contribution in [3.63, 3.8) is 0 Å². The maximum atomic E-state index is 13.3. The molecule has 0 bridgehead atoms. The Kier molecular flexibility index (Phi) is 4.41. The quantitative estimate of drug-likeness (QED) is 0.505. The van der Waals surface area contributed by atoms with Gasteiger partial charge in [0.05, 0.1) is 23.4 Å². The molecule has 0 saturated carbocycles. The first kappa shape index (κ1) is 17.1. The van der Waals surface area contributed by atoms with Gasteiger partial charge in [-0.3, -0.25) is 4.90 Å². The van der Waals surface area contributed by atoms with Gasteiger partial charge in [-0.05, 0) is 47.4 Å². The van der Waals surface area contributed by atoms with Crippen LogP contribution in [0.1, 0.15) is 22.7 Å². The van der Waals surface area contributed by atoms with Gasteiger partial charge in [0.15, 0.2) is 0 Å². The van der Waals surface area contributed by atoms with E-state index in [9.17, 15) is 4.39 Å². The van der Waals surface area contributed by atoms with Gasteiger partial charge in [0, 0.05) is 19.6 Å². The molecule has 3 nitrogen and oxygen atoms in total. The Balaban J connectivity index is 1.50. The van der Waals surface area contributed by atoms with Gasteiger partial charge in [-0.25, -0.2) is 9.37 Å². The van der Waals surface area contributed by atoms with Gasteiger partial charge in [0.25, 0.3) is 0 Å². The number of aromatic nitrogens is 2. The lowest BCUT2D eigenvalue weighted by Crippen LogP contribution is -2.37. The third-order valence-corrected chi connectivity index (χ3v) is 5.72. The summed E-state index contributed by atoms with van der Waals surface area (Å²) in [6, 6.07) is 24.1. The van der Waals surface area contributed by atoms with Crippen molar-refractivity contribution in [2.75, 3.05) is 6.54 Å². The number of halogens is 1. The minimum absolute atomic E-state index is 0.186. The van der Waals surface area contributed by atoms with Gasteiger partial charge < -0.3 is 4.57 Å². The molecule has 0 aliphatic carbocycles. The van der Waals surface area contributed by atoms with Gasteiger partial charge in [-0.2, -0.15) is 0 Å². The lowest BCUT2D eigenvalue weighted by Gasteiger charge is -2.37. The predicted molar refractivity (Wildman–Crippen MR) is 109 cm³/mol. The van der Waals surface area contributed by atoms with Crippen LogP contribution in [0, 0.1) is 5.82 Å². The standard InChI is InChI=1S/C24H22FN3/c25-20-11-9-18(10-12-20)15-27-14-13-19-5-1-2-6-21(19)24(27)16-28-17-26-22-7-3-4-8-23(22)28/h1-12,17,24H,13-16H2. The first-order valence-electron chi connectivity index (χ1n) is 9.74. The van der Waals surface area contributed by atoms with Crippen LogP contribution in [0.5, 0.6) is 0 Å². The number of para-hydroxylation sites is 2. The van der Waals surface area contributed by atoms with E-state index >= 15 is 0 Å². The fourth-order valence-corrected chi connectivity index (χ4v) is 4.27. The molecule has 2 heterocycles. The summed E-state index contributed by atoms with van der Waals surface area (Å²) < 4.78 is 15.6. The second kappa shape index (κ2) is 7.21. The van der Waals surface area contributed by atoms with Crippen LogP contribution >= 0.6 is 0 Å². The average molecular weight is 371 g/mol. The maximum Gasteiger partial charge on any atom is 0.123 e. The third kappa shape index (κ3) is 3.20. The van der Waals surface area contributed by atoms with Gasteiger partial charge in [-0.15, -0.1) is 0 Å². The van der Waals surface area contributed by atoms with Crippen molar-refractivity contribution in [3.8, 4) is 0 Å². The molecule has 0 amide bonds. The summed E-state index contributed by atoms with van der Waals surface area (Å²) in [6.45, 7) is 2.65. The lowest BCUT2D eigenvalue weighted by molar-refractivity contribution is 0.159. The minimum atomic E-state index is -0.186. The molecule has 0 spiro atoms. The molecule has 0 saturated heterocycles. The minimum Gasteiger partial charge on any atom is -0.329 e. The highest BCUT2D eigenvalue weighted by Gasteiger charge is 2.27. The summed E-state index contributed by atoms with van der Waals surface area (Å²) in [5.74, 6) is -0.186. The Morgan fingerprint density at radius 3 is 2.61 bits per heavy atom. The zero-order chi connectivity index (χ0) is 18.9. The van der Waals surface area contributed by atoms with E-state index in [-0.39, 0.29) is 11.9 Å². The zero-order valence-electron chi connectivity index (χ0n) is 15.6. The van der Waals surface area contributed by atoms with Crippen molar-refractivity contribution < 1.29 is 4.39 Å². The van der Waals surface area contributed by atoms with Crippen LogP contribution in [0.15, 0.2) is 79.1 Å². The van der Waals surface area contributed by atoms with E-state index in [0.29, 0.717) is 0 Å². The van der Waals surface area contributed by atoms with E-state index in [0.717, 1.165) is 42.7 Å². The van der Waals surface area contributed by atoms with E-state index in [2.05, 4.69) is 56.9 Å². The normalized spacial score (nSPS) is 17.0. The van der Waals surface area contributed by atoms with Crippen molar-refractivity contribution in [3.05, 3.63) is 102 Å². The van der Waals surface area contributed by atoms with Crippen LogP contribution in [0.3, 0.4) is 0 Å². The summed E-state index contributed by atoms with van der Waals surface area (Å²) in [7, 11) is 0. The maximum absolute atomic E-state index is 13.3. The Morgan fingerprint density at radius 1 is 0.929 bits per heavy atom. The van der Waals surface area contributed by atoms with Crippen molar-refractivity contribution in [1.29, 1.82) is 0 Å². The molecule has 4 aromatic rings. The van der Waals surface area contributed by atoms with Crippen molar-refractivity contribution in [2.45, 2.75) is 25.6 Å². The van der Waals surface area contributed by atoms with Crippen molar-refractivity contribution >= 4 is 11.0 Å². The van der Waals surface area contributed by atoms with E-state index in [1.807, 2.05) is 24.5 Å². The third-order valence-electron chi connectivity index (χ3n) is 5.72. The molecule has 28 heavy (non-hydrogen) atoms. The molecule has 140 valence electrons. The molecular weight excluding hydrogens is 349 g/mol. The highest BCUT2D eigenvalue weighted by molar-refractivity contribution is 5.74. The highest BCUT2D eigenvalue weighted by atomic mass is 19.1. The number of hydrogen-bond acceptors (Lipinski definition) is 2. The molecule has 0 N–H and O–H groups in total. The average Bonchev–Trinajstić information content (AvgIpc) is 3.14. The zero-order valence-corrected chi connectivity index (χ0v) is 15.6. The number of rotatable bonds is 4. The first-order valence-corrected chi connectivity index (χ1v) is 9.74. The van der Waals surface area contributed by atoms with E-state index in [1.165, 1.54) is 11.1 Å². The predicted octanol–water partition coefficient (Wildman–Crippen LogP) is 4.98. The van der Waals surface area contributed by atoms with Crippen LogP contribution in [0.2, 0.25) is 0 Å². The summed E-state index contributed by atoms with van der Waals surface area (Å²) in [5, 5.41) is 0. The van der Waals surface area contributed by atoms with E-state index < -0.39 is 0 Å². The SMILES string of the molecule is Fc1ccc(CN2CCc3ccccc3C2Cn2cnc3ccccc32)cc1. The van der Waals surface area contributed by atoms with Crippen LogP contribution in [0.25, 0.3) is 11.0 Å². The van der Waals surface area contributed by atoms with Crippen molar-refractivity contribution in [1.82, 2.24) is 14.5 Å². The fraction of sp³-hybridized carbons (Fsp3) is 0.208. The number of benzene rings is 3. The van der Waals surface area contributed by atoms with Gasteiger partial charge in [0.2, 0.25) is 0 Å². The summed E-state index contributed by atoms with van der Waals surface area (Å²) >= 11 is 0. The number of nitrogens with zero attached hydrogens (tertiary/aromatic N) is 3. The number of fused-ring (bicyclic) bond motifs is 2. The number of imidazole rings is 1. The molecule has 1 aliphatic heterocycles. The molecule has 1 unspecified atom stereocenters. The van der Waals surface area contributed by atoms with Crippen LogP contribution < -0.4 is 0 Å². The fourth-order valence-electron chi connectivity index (χ4n) is 4.27. The molecule has 1 aromatic heterocycles. The summed E-state index contributed by atoms with van der Waals surface area (Å²) in [4.78, 5) is 7.07.